The number of rotatable bonds is 7. The van der Waals surface area contributed by atoms with Crippen LogP contribution in [0.3, 0.4) is 0 Å². The Labute approximate surface area is 198 Å². The number of halogens is 2. The third-order valence-electron chi connectivity index (χ3n) is 6.31. The van der Waals surface area contributed by atoms with Crippen molar-refractivity contribution in [1.82, 2.24) is 5.06 Å². The summed E-state index contributed by atoms with van der Waals surface area (Å²) >= 11 is 7.89. The molecule has 1 aromatic rings. The van der Waals surface area contributed by atoms with Crippen molar-refractivity contribution >= 4 is 39.9 Å². The normalized spacial score (nSPS) is 35.2. The second-order valence-corrected chi connectivity index (χ2v) is 19.5. The minimum absolute atomic E-state index is 0.0985. The molecule has 0 aromatic heterocycles. The number of fused-ring (bicyclic) bond motifs is 1. The molecule has 0 bridgehead atoms. The molecular formula is C22H33Br2NO4Si. The number of hydrogen-bond donors (Lipinski definition) is 0. The maximum atomic E-state index is 6.78. The van der Waals surface area contributed by atoms with Crippen LogP contribution in [0, 0.1) is 5.92 Å². The Balaban J connectivity index is 1.63. The van der Waals surface area contributed by atoms with Crippen LogP contribution in [-0.2, 0) is 25.6 Å². The summed E-state index contributed by atoms with van der Waals surface area (Å²) in [5, 5.41) is 2.07. The molecule has 5 nitrogen and oxygen atoms in total. The van der Waals surface area contributed by atoms with E-state index < -0.39 is 19.5 Å². The number of benzene rings is 1. The quantitative estimate of drug-likeness (QED) is 0.339. The monoisotopic (exact) mass is 561 g/mol. The summed E-state index contributed by atoms with van der Waals surface area (Å²) in [6.07, 6.45) is -0.143. The van der Waals surface area contributed by atoms with Crippen LogP contribution >= 0.6 is 31.9 Å². The SMILES string of the molecule is CC1(C)OC[C@H]([C@@H]2N(Cc3ccccc3)OCC3C(Br)(Br)C32OCC[Si](C)(C)C)O1. The fourth-order valence-corrected chi connectivity index (χ4v) is 7.30. The largest absolute Gasteiger partial charge is 0.371 e. The maximum absolute atomic E-state index is 6.78. The molecule has 3 fully saturated rings. The van der Waals surface area contributed by atoms with Crippen molar-refractivity contribution in [2.45, 2.75) is 72.8 Å². The van der Waals surface area contributed by atoms with Crippen molar-refractivity contribution in [2.75, 3.05) is 19.8 Å². The Hall–Kier alpha value is 0.197. The van der Waals surface area contributed by atoms with Gasteiger partial charge in [-0.05, 0) is 25.5 Å². The molecule has 4 rings (SSSR count). The van der Waals surface area contributed by atoms with Crippen molar-refractivity contribution in [1.29, 1.82) is 0 Å². The van der Waals surface area contributed by atoms with E-state index in [1.54, 1.807) is 0 Å². The predicted octanol–water partition coefficient (Wildman–Crippen LogP) is 5.16. The fourth-order valence-electron chi connectivity index (χ4n) is 4.61. The summed E-state index contributed by atoms with van der Waals surface area (Å²) in [6, 6.07) is 11.4. The topological polar surface area (TPSA) is 40.2 Å². The third kappa shape index (κ3) is 4.36. The molecule has 0 radical (unpaired) electrons. The Bertz CT molecular complexity index is 757. The highest BCUT2D eigenvalue weighted by Gasteiger charge is 2.83. The molecule has 4 atom stereocenters. The van der Waals surface area contributed by atoms with Crippen LogP contribution < -0.4 is 0 Å². The average molecular weight is 563 g/mol. The molecule has 2 heterocycles. The van der Waals surface area contributed by atoms with Gasteiger partial charge in [0.1, 0.15) is 14.9 Å². The Morgan fingerprint density at radius 1 is 1.13 bits per heavy atom. The van der Waals surface area contributed by atoms with Gasteiger partial charge in [-0.3, -0.25) is 4.84 Å². The van der Waals surface area contributed by atoms with E-state index >= 15 is 0 Å². The van der Waals surface area contributed by atoms with E-state index in [0.717, 1.165) is 12.7 Å². The van der Waals surface area contributed by atoms with Crippen molar-refractivity contribution in [3.63, 3.8) is 0 Å². The first-order valence-electron chi connectivity index (χ1n) is 10.7. The third-order valence-corrected chi connectivity index (χ3v) is 10.4. The summed E-state index contributed by atoms with van der Waals surface area (Å²) in [5.41, 5.74) is 0.764. The van der Waals surface area contributed by atoms with E-state index in [-0.39, 0.29) is 21.3 Å². The highest BCUT2D eigenvalue weighted by atomic mass is 79.9. The van der Waals surface area contributed by atoms with Crippen molar-refractivity contribution in [3.05, 3.63) is 35.9 Å². The van der Waals surface area contributed by atoms with Gasteiger partial charge in [-0.25, -0.2) is 0 Å². The van der Waals surface area contributed by atoms with E-state index in [4.69, 9.17) is 19.0 Å². The molecule has 30 heavy (non-hydrogen) atoms. The fraction of sp³-hybridized carbons (Fsp3) is 0.727. The van der Waals surface area contributed by atoms with Gasteiger partial charge in [0.05, 0.1) is 19.3 Å². The van der Waals surface area contributed by atoms with Crippen molar-refractivity contribution < 1.29 is 19.0 Å². The number of hydrogen-bond acceptors (Lipinski definition) is 5. The zero-order chi connectivity index (χ0) is 21.8. The molecular weight excluding hydrogens is 530 g/mol. The first-order valence-corrected chi connectivity index (χ1v) is 16.0. The van der Waals surface area contributed by atoms with Gasteiger partial charge in [0.25, 0.3) is 0 Å². The Kier molecular flexibility index (Phi) is 6.39. The van der Waals surface area contributed by atoms with Crippen LogP contribution in [0.1, 0.15) is 19.4 Å². The molecule has 1 aliphatic carbocycles. The van der Waals surface area contributed by atoms with Crippen LogP contribution in [0.15, 0.2) is 30.3 Å². The number of nitrogens with zero attached hydrogens (tertiary/aromatic N) is 1. The van der Waals surface area contributed by atoms with Crippen LogP contribution in [0.5, 0.6) is 0 Å². The van der Waals surface area contributed by atoms with Crippen molar-refractivity contribution in [2.24, 2.45) is 5.92 Å². The smallest absolute Gasteiger partial charge is 0.163 e. The van der Waals surface area contributed by atoms with Gasteiger partial charge >= 0.3 is 0 Å². The van der Waals surface area contributed by atoms with E-state index in [9.17, 15) is 0 Å². The molecule has 1 aromatic carbocycles. The van der Waals surface area contributed by atoms with Gasteiger partial charge in [-0.2, -0.15) is 5.06 Å². The number of hydroxylamine groups is 2. The van der Waals surface area contributed by atoms with E-state index in [1.165, 1.54) is 5.56 Å². The molecule has 0 amide bonds. The van der Waals surface area contributed by atoms with Gasteiger partial charge in [0.15, 0.2) is 5.79 Å². The van der Waals surface area contributed by atoms with E-state index in [1.807, 2.05) is 19.9 Å². The molecule has 1 saturated carbocycles. The van der Waals surface area contributed by atoms with Crippen molar-refractivity contribution in [3.8, 4) is 0 Å². The minimum atomic E-state index is -1.21. The molecule has 3 aliphatic rings. The first-order chi connectivity index (χ1) is 14.0. The summed E-state index contributed by atoms with van der Waals surface area (Å²) in [5.74, 6) is -0.401. The lowest BCUT2D eigenvalue weighted by atomic mass is 9.98. The van der Waals surface area contributed by atoms with E-state index in [2.05, 4.69) is 80.8 Å². The molecule has 2 aliphatic heterocycles. The minimum Gasteiger partial charge on any atom is -0.371 e. The molecule has 168 valence electrons. The van der Waals surface area contributed by atoms with Gasteiger partial charge in [-0.15, -0.1) is 0 Å². The number of alkyl halides is 2. The zero-order valence-electron chi connectivity index (χ0n) is 18.5. The van der Waals surface area contributed by atoms with Gasteiger partial charge in [0.2, 0.25) is 0 Å². The van der Waals surface area contributed by atoms with Crippen LogP contribution in [0.4, 0.5) is 0 Å². The Morgan fingerprint density at radius 3 is 2.43 bits per heavy atom. The first kappa shape index (κ1) is 23.4. The average Bonchev–Trinajstić information content (AvgIpc) is 2.91. The van der Waals surface area contributed by atoms with Gasteiger partial charge < -0.3 is 14.2 Å². The lowest BCUT2D eigenvalue weighted by Crippen LogP contribution is -2.59. The summed E-state index contributed by atoms with van der Waals surface area (Å²) in [6.45, 7) is 13.6. The second kappa shape index (κ2) is 8.20. The molecule has 2 saturated heterocycles. The van der Waals surface area contributed by atoms with Gasteiger partial charge in [-0.1, -0.05) is 81.8 Å². The Morgan fingerprint density at radius 2 is 1.83 bits per heavy atom. The lowest BCUT2D eigenvalue weighted by Gasteiger charge is -2.43. The van der Waals surface area contributed by atoms with Crippen LogP contribution in [-0.4, -0.2) is 59.7 Å². The second-order valence-electron chi connectivity index (χ2n) is 10.3. The zero-order valence-corrected chi connectivity index (χ0v) is 22.7. The summed E-state index contributed by atoms with van der Waals surface area (Å²) in [4.78, 5) is 6.30. The standard InChI is InChI=1S/C22H33Br2NO4Si/c1-20(2)27-14-17(29-20)19-21(26-11-12-30(3,4)5)18(22(21,23)24)15-28-25(19)13-16-9-7-6-8-10-16/h6-10,17-19H,11-15H2,1-5H3/t17-,18?,19+,21?/m1/s1. The summed E-state index contributed by atoms with van der Waals surface area (Å²) < 4.78 is 18.8. The lowest BCUT2D eigenvalue weighted by molar-refractivity contribution is -0.280. The van der Waals surface area contributed by atoms with Crippen LogP contribution in [0.2, 0.25) is 25.7 Å². The predicted molar refractivity (Wildman–Crippen MR) is 128 cm³/mol. The number of ether oxygens (including phenoxy) is 3. The highest BCUT2D eigenvalue weighted by Crippen LogP contribution is 2.71. The highest BCUT2D eigenvalue weighted by molar-refractivity contribution is 9.25. The molecule has 8 heteroatoms. The summed E-state index contributed by atoms with van der Waals surface area (Å²) in [7, 11) is -1.21. The van der Waals surface area contributed by atoms with Crippen LogP contribution in [0.25, 0.3) is 0 Å². The molecule has 2 unspecified atom stereocenters. The maximum Gasteiger partial charge on any atom is 0.163 e. The molecule has 0 spiro atoms. The van der Waals surface area contributed by atoms with Gasteiger partial charge in [0, 0.05) is 27.1 Å². The molecule has 0 N–H and O–H groups in total. The van der Waals surface area contributed by atoms with E-state index in [0.29, 0.717) is 19.8 Å².